The number of alkyl halides is 2. The van der Waals surface area contributed by atoms with Crippen LogP contribution in [0.4, 0.5) is 17.6 Å². The second-order valence-corrected chi connectivity index (χ2v) is 6.59. The minimum Gasteiger partial charge on any atom is -0.505 e. The van der Waals surface area contributed by atoms with Gasteiger partial charge in [0.2, 0.25) is 11.6 Å². The first-order valence-corrected chi connectivity index (χ1v) is 8.59. The molecule has 0 bridgehead atoms. The van der Waals surface area contributed by atoms with Crippen LogP contribution in [0.3, 0.4) is 0 Å². The highest BCUT2D eigenvalue weighted by Gasteiger charge is 2.44. The van der Waals surface area contributed by atoms with E-state index in [2.05, 4.69) is 11.7 Å². The monoisotopic (exact) mass is 348 g/mol. The molecule has 0 saturated heterocycles. The number of rotatable bonds is 7. The predicted molar refractivity (Wildman–Crippen MR) is 83.2 cm³/mol. The van der Waals surface area contributed by atoms with Gasteiger partial charge in [-0.15, -0.1) is 0 Å². The molecule has 2 nitrogen and oxygen atoms in total. The third kappa shape index (κ3) is 4.54. The Morgan fingerprint density at radius 1 is 1.08 bits per heavy atom. The molecule has 6 heteroatoms. The summed E-state index contributed by atoms with van der Waals surface area (Å²) in [5, 5.41) is 9.03. The van der Waals surface area contributed by atoms with Crippen molar-refractivity contribution < 1.29 is 27.4 Å². The zero-order valence-electron chi connectivity index (χ0n) is 13.8. The van der Waals surface area contributed by atoms with Crippen LogP contribution in [-0.4, -0.2) is 11.2 Å². The molecule has 0 spiro atoms. The number of aromatic hydroxyl groups is 1. The molecular weight excluding hydrogens is 324 g/mol. The van der Waals surface area contributed by atoms with Gasteiger partial charge in [0.05, 0.1) is 5.92 Å². The third-order valence-corrected chi connectivity index (χ3v) is 4.81. The summed E-state index contributed by atoms with van der Waals surface area (Å²) in [6.07, 6.45) is 2.96. The summed E-state index contributed by atoms with van der Waals surface area (Å²) in [6.45, 7) is 2.13. The summed E-state index contributed by atoms with van der Waals surface area (Å²) in [7, 11) is 0. The number of halogens is 4. The van der Waals surface area contributed by atoms with Crippen molar-refractivity contribution in [3.63, 3.8) is 0 Å². The van der Waals surface area contributed by atoms with E-state index in [-0.39, 0.29) is 0 Å². The van der Waals surface area contributed by atoms with Crippen molar-refractivity contribution in [1.29, 1.82) is 0 Å². The van der Waals surface area contributed by atoms with Crippen LogP contribution in [0.15, 0.2) is 12.1 Å². The molecular formula is C18H24F4O2. The Kier molecular flexibility index (Phi) is 6.35. The summed E-state index contributed by atoms with van der Waals surface area (Å²) in [5.41, 5.74) is 0. The Hall–Kier alpha value is -1.46. The van der Waals surface area contributed by atoms with Gasteiger partial charge >= 0.3 is 6.11 Å². The summed E-state index contributed by atoms with van der Waals surface area (Å²) < 4.78 is 59.9. The second kappa shape index (κ2) is 8.08. The van der Waals surface area contributed by atoms with Gasteiger partial charge in [0.25, 0.3) is 0 Å². The fourth-order valence-electron chi connectivity index (χ4n) is 3.30. The van der Waals surface area contributed by atoms with Gasteiger partial charge in [-0.25, -0.2) is 0 Å². The molecule has 1 saturated carbocycles. The SMILES string of the molecule is CCCCCC1CCC(C(F)(F)Oc2ccc(O)c(F)c2F)CC1. The van der Waals surface area contributed by atoms with Crippen molar-refractivity contribution in [2.24, 2.45) is 11.8 Å². The fourth-order valence-corrected chi connectivity index (χ4v) is 3.30. The average molecular weight is 348 g/mol. The molecule has 24 heavy (non-hydrogen) atoms. The molecule has 1 aliphatic rings. The summed E-state index contributed by atoms with van der Waals surface area (Å²) >= 11 is 0. The van der Waals surface area contributed by atoms with E-state index in [1.54, 1.807) is 0 Å². The Bertz CT molecular complexity index is 540. The zero-order chi connectivity index (χ0) is 17.7. The van der Waals surface area contributed by atoms with E-state index < -0.39 is 35.2 Å². The molecule has 1 N–H and O–H groups in total. The topological polar surface area (TPSA) is 29.5 Å². The highest BCUT2D eigenvalue weighted by atomic mass is 19.3. The Morgan fingerprint density at radius 2 is 1.75 bits per heavy atom. The highest BCUT2D eigenvalue weighted by Crippen LogP contribution is 2.42. The summed E-state index contributed by atoms with van der Waals surface area (Å²) in [4.78, 5) is 0. The lowest BCUT2D eigenvalue weighted by Gasteiger charge is -2.33. The van der Waals surface area contributed by atoms with Gasteiger partial charge < -0.3 is 9.84 Å². The van der Waals surface area contributed by atoms with Crippen molar-refractivity contribution >= 4 is 0 Å². The lowest BCUT2D eigenvalue weighted by molar-refractivity contribution is -0.224. The lowest BCUT2D eigenvalue weighted by atomic mass is 9.79. The van der Waals surface area contributed by atoms with Crippen molar-refractivity contribution in [2.45, 2.75) is 64.4 Å². The van der Waals surface area contributed by atoms with Crippen LogP contribution < -0.4 is 4.74 Å². The predicted octanol–water partition coefficient (Wildman–Crippen LogP) is 6.03. The van der Waals surface area contributed by atoms with E-state index >= 15 is 0 Å². The Morgan fingerprint density at radius 3 is 2.38 bits per heavy atom. The number of ether oxygens (including phenoxy) is 1. The van der Waals surface area contributed by atoms with Gasteiger partial charge in [-0.2, -0.15) is 17.6 Å². The molecule has 0 radical (unpaired) electrons. The Balaban J connectivity index is 1.93. The standard InChI is InChI=1S/C18H24F4O2/c1-2-3-4-5-12-6-8-13(9-7-12)18(21,22)24-15-11-10-14(23)16(19)17(15)20/h10-13,23H,2-9H2,1H3. The van der Waals surface area contributed by atoms with E-state index in [1.165, 1.54) is 0 Å². The number of phenols is 1. The smallest absolute Gasteiger partial charge is 0.400 e. The van der Waals surface area contributed by atoms with Gasteiger partial charge in [0.15, 0.2) is 11.5 Å². The fraction of sp³-hybridized carbons (Fsp3) is 0.667. The highest BCUT2D eigenvalue weighted by molar-refractivity contribution is 5.34. The maximum atomic E-state index is 14.3. The quantitative estimate of drug-likeness (QED) is 0.482. The molecule has 1 aliphatic carbocycles. The summed E-state index contributed by atoms with van der Waals surface area (Å²) in [5.74, 6) is -5.52. The van der Waals surface area contributed by atoms with Gasteiger partial charge in [-0.1, -0.05) is 32.6 Å². The van der Waals surface area contributed by atoms with E-state index in [0.717, 1.165) is 37.8 Å². The van der Waals surface area contributed by atoms with Crippen LogP contribution in [0.1, 0.15) is 58.3 Å². The van der Waals surface area contributed by atoms with Gasteiger partial charge in [0, 0.05) is 0 Å². The van der Waals surface area contributed by atoms with Crippen LogP contribution >= 0.6 is 0 Å². The lowest BCUT2D eigenvalue weighted by Crippen LogP contribution is -2.37. The minimum atomic E-state index is -3.56. The third-order valence-electron chi connectivity index (χ3n) is 4.81. The molecule has 0 aliphatic heterocycles. The first-order valence-electron chi connectivity index (χ1n) is 8.59. The molecule has 1 fully saturated rings. The van der Waals surface area contributed by atoms with Crippen molar-refractivity contribution in [1.82, 2.24) is 0 Å². The van der Waals surface area contributed by atoms with Crippen molar-refractivity contribution in [3.05, 3.63) is 23.8 Å². The average Bonchev–Trinajstić information content (AvgIpc) is 2.56. The molecule has 2 rings (SSSR count). The number of hydrogen-bond donors (Lipinski definition) is 1. The molecule has 0 unspecified atom stereocenters. The van der Waals surface area contributed by atoms with Crippen LogP contribution in [0.25, 0.3) is 0 Å². The van der Waals surface area contributed by atoms with Crippen LogP contribution in [0.2, 0.25) is 0 Å². The van der Waals surface area contributed by atoms with E-state index in [4.69, 9.17) is 5.11 Å². The maximum absolute atomic E-state index is 14.3. The number of unbranched alkanes of at least 4 members (excludes halogenated alkanes) is 2. The number of phenolic OH excluding ortho intramolecular Hbond substituents is 1. The maximum Gasteiger partial charge on any atom is 0.400 e. The van der Waals surface area contributed by atoms with Crippen molar-refractivity contribution in [2.75, 3.05) is 0 Å². The van der Waals surface area contributed by atoms with E-state index in [1.807, 2.05) is 0 Å². The van der Waals surface area contributed by atoms with Gasteiger partial charge in [-0.05, 0) is 43.7 Å². The number of benzene rings is 1. The van der Waals surface area contributed by atoms with Crippen LogP contribution in [-0.2, 0) is 0 Å². The molecule has 136 valence electrons. The zero-order valence-corrected chi connectivity index (χ0v) is 13.8. The first-order chi connectivity index (χ1) is 11.3. The van der Waals surface area contributed by atoms with Gasteiger partial charge in [-0.3, -0.25) is 0 Å². The van der Waals surface area contributed by atoms with E-state index in [9.17, 15) is 17.6 Å². The number of hydrogen-bond acceptors (Lipinski definition) is 2. The molecule has 1 aromatic rings. The first kappa shape index (κ1) is 18.9. The molecule has 0 atom stereocenters. The van der Waals surface area contributed by atoms with Crippen molar-refractivity contribution in [3.8, 4) is 11.5 Å². The Labute approximate surface area is 139 Å². The van der Waals surface area contributed by atoms with E-state index in [0.29, 0.717) is 31.6 Å². The second-order valence-electron chi connectivity index (χ2n) is 6.59. The minimum absolute atomic E-state index is 0.311. The normalized spacial score (nSPS) is 21.7. The van der Waals surface area contributed by atoms with Gasteiger partial charge in [0.1, 0.15) is 0 Å². The van der Waals surface area contributed by atoms with Crippen LogP contribution in [0.5, 0.6) is 11.5 Å². The largest absolute Gasteiger partial charge is 0.505 e. The molecule has 0 amide bonds. The molecule has 0 heterocycles. The van der Waals surface area contributed by atoms with Crippen LogP contribution in [0, 0.1) is 23.5 Å². The molecule has 1 aromatic carbocycles. The molecule has 0 aromatic heterocycles. The summed E-state index contributed by atoms with van der Waals surface area (Å²) in [6, 6.07) is 1.62.